The molecule has 1 saturated heterocycles. The Morgan fingerprint density at radius 2 is 1.74 bits per heavy atom. The first-order valence-corrected chi connectivity index (χ1v) is 11.1. The van der Waals surface area contributed by atoms with Crippen LogP contribution in [0, 0.1) is 24.4 Å². The molecule has 12 heteroatoms. The fraction of sp³-hybridized carbons (Fsp3) is 0.348. The SMILES string of the molecule is Cc1cnn(C)c1-c1nc(N2CCN(C(=O)N3N=CC[C@H]3c3cc(F)cc(F)c3)CC2)ncc1F. The van der Waals surface area contributed by atoms with Gasteiger partial charge in [0.25, 0.3) is 0 Å². The van der Waals surface area contributed by atoms with E-state index in [1.165, 1.54) is 17.1 Å². The van der Waals surface area contributed by atoms with Gasteiger partial charge < -0.3 is 9.80 Å². The van der Waals surface area contributed by atoms with Crippen molar-refractivity contribution < 1.29 is 18.0 Å². The Labute approximate surface area is 199 Å². The van der Waals surface area contributed by atoms with E-state index in [0.717, 1.165) is 17.8 Å². The molecule has 0 spiro atoms. The van der Waals surface area contributed by atoms with Crippen LogP contribution >= 0.6 is 0 Å². The second kappa shape index (κ2) is 9.01. The standard InChI is InChI=1S/C23H23F3N8O/c1-14-12-29-31(2)21(14)20-18(26)13-27-22(30-20)32-5-7-33(8-6-32)23(35)34-19(3-4-28-34)15-9-16(24)11-17(25)10-15/h4,9-13,19H,3,5-8H2,1-2H3/t19-/m0/s1. The molecule has 0 bridgehead atoms. The van der Waals surface area contributed by atoms with Crippen LogP contribution in [0.4, 0.5) is 23.9 Å². The summed E-state index contributed by atoms with van der Waals surface area (Å²) in [7, 11) is 1.72. The van der Waals surface area contributed by atoms with Crippen molar-refractivity contribution in [2.75, 3.05) is 31.1 Å². The molecule has 0 saturated carbocycles. The third-order valence-electron chi connectivity index (χ3n) is 6.21. The molecule has 9 nitrogen and oxygen atoms in total. The first-order valence-electron chi connectivity index (χ1n) is 11.1. The van der Waals surface area contributed by atoms with Crippen molar-refractivity contribution in [1.29, 1.82) is 0 Å². The first-order chi connectivity index (χ1) is 16.8. The van der Waals surface area contributed by atoms with Gasteiger partial charge in [0.15, 0.2) is 5.82 Å². The van der Waals surface area contributed by atoms with Crippen molar-refractivity contribution in [3.05, 3.63) is 59.2 Å². The van der Waals surface area contributed by atoms with Crippen LogP contribution in [0.5, 0.6) is 0 Å². The topological polar surface area (TPSA) is 82.8 Å². The number of anilines is 1. The normalized spacial score (nSPS) is 18.0. The van der Waals surface area contributed by atoms with Gasteiger partial charge in [0.2, 0.25) is 5.95 Å². The molecule has 5 rings (SSSR count). The van der Waals surface area contributed by atoms with Gasteiger partial charge in [0.1, 0.15) is 17.3 Å². The molecular weight excluding hydrogens is 461 g/mol. The third-order valence-corrected chi connectivity index (χ3v) is 6.21. The van der Waals surface area contributed by atoms with Crippen molar-refractivity contribution in [3.8, 4) is 11.4 Å². The Hall–Kier alpha value is -3.96. The lowest BCUT2D eigenvalue weighted by Gasteiger charge is -2.37. The van der Waals surface area contributed by atoms with Crippen LogP contribution in [-0.4, -0.2) is 68.1 Å². The molecule has 35 heavy (non-hydrogen) atoms. The predicted molar refractivity (Wildman–Crippen MR) is 122 cm³/mol. The van der Waals surface area contributed by atoms with Crippen LogP contribution in [-0.2, 0) is 7.05 Å². The van der Waals surface area contributed by atoms with Gasteiger partial charge >= 0.3 is 6.03 Å². The molecule has 0 radical (unpaired) electrons. The van der Waals surface area contributed by atoms with Gasteiger partial charge in [0.05, 0.1) is 24.1 Å². The molecule has 0 N–H and O–H groups in total. The fourth-order valence-corrected chi connectivity index (χ4v) is 4.45. The smallest absolute Gasteiger partial charge is 0.337 e. The lowest BCUT2D eigenvalue weighted by Crippen LogP contribution is -2.52. The van der Waals surface area contributed by atoms with E-state index in [9.17, 15) is 18.0 Å². The van der Waals surface area contributed by atoms with E-state index in [-0.39, 0.29) is 11.7 Å². The molecule has 2 amide bonds. The minimum atomic E-state index is -0.701. The van der Waals surface area contributed by atoms with Crippen molar-refractivity contribution >= 4 is 18.2 Å². The van der Waals surface area contributed by atoms with Gasteiger partial charge in [-0.1, -0.05) is 0 Å². The van der Waals surface area contributed by atoms with E-state index < -0.39 is 23.5 Å². The number of piperazine rings is 1. The van der Waals surface area contributed by atoms with E-state index in [2.05, 4.69) is 20.2 Å². The summed E-state index contributed by atoms with van der Waals surface area (Å²) in [4.78, 5) is 25.3. The number of carbonyl (C=O) groups is 1. The molecule has 3 aromatic rings. The molecule has 2 aliphatic rings. The van der Waals surface area contributed by atoms with Crippen molar-refractivity contribution in [2.45, 2.75) is 19.4 Å². The monoisotopic (exact) mass is 484 g/mol. The van der Waals surface area contributed by atoms with Gasteiger partial charge in [0, 0.05) is 51.9 Å². The lowest BCUT2D eigenvalue weighted by molar-refractivity contribution is 0.139. The number of hydrogen-bond donors (Lipinski definition) is 0. The van der Waals surface area contributed by atoms with Crippen molar-refractivity contribution in [2.24, 2.45) is 12.1 Å². The maximum Gasteiger partial charge on any atom is 0.341 e. The van der Waals surface area contributed by atoms with Crippen LogP contribution in [0.2, 0.25) is 0 Å². The van der Waals surface area contributed by atoms with E-state index in [1.54, 1.807) is 29.0 Å². The maximum atomic E-state index is 14.5. The highest BCUT2D eigenvalue weighted by atomic mass is 19.1. The first kappa shape index (κ1) is 22.8. The van der Waals surface area contributed by atoms with Gasteiger partial charge in [-0.3, -0.25) is 4.68 Å². The van der Waals surface area contributed by atoms with Crippen LogP contribution in [0.25, 0.3) is 11.4 Å². The summed E-state index contributed by atoms with van der Waals surface area (Å²) in [6, 6.07) is 2.31. The highest BCUT2D eigenvalue weighted by molar-refractivity contribution is 5.78. The number of carbonyl (C=O) groups excluding carboxylic acids is 1. The molecule has 0 unspecified atom stereocenters. The van der Waals surface area contributed by atoms with E-state index in [0.29, 0.717) is 49.8 Å². The number of nitrogens with zero attached hydrogens (tertiary/aromatic N) is 8. The zero-order chi connectivity index (χ0) is 24.7. The van der Waals surface area contributed by atoms with E-state index >= 15 is 0 Å². The van der Waals surface area contributed by atoms with Crippen LogP contribution < -0.4 is 4.90 Å². The highest BCUT2D eigenvalue weighted by Crippen LogP contribution is 2.31. The molecule has 0 aliphatic carbocycles. The van der Waals surface area contributed by atoms with Gasteiger partial charge in [-0.25, -0.2) is 32.9 Å². The molecule has 2 aromatic heterocycles. The molecule has 1 fully saturated rings. The van der Waals surface area contributed by atoms with E-state index in [1.807, 2.05) is 11.8 Å². The number of hydrazone groups is 1. The molecule has 2 aliphatic heterocycles. The number of halogens is 3. The third kappa shape index (κ3) is 4.31. The average molecular weight is 484 g/mol. The second-order valence-corrected chi connectivity index (χ2v) is 8.52. The molecular formula is C23H23F3N8O. The van der Waals surface area contributed by atoms with Crippen molar-refractivity contribution in [3.63, 3.8) is 0 Å². The number of urea groups is 1. The Morgan fingerprint density at radius 1 is 1.03 bits per heavy atom. The lowest BCUT2D eigenvalue weighted by atomic mass is 10.0. The number of aromatic nitrogens is 4. The minimum absolute atomic E-state index is 0.169. The Balaban J connectivity index is 1.29. The highest BCUT2D eigenvalue weighted by Gasteiger charge is 2.34. The Kier molecular flexibility index (Phi) is 5.87. The molecule has 1 atom stereocenters. The summed E-state index contributed by atoms with van der Waals surface area (Å²) in [5.74, 6) is -1.58. The minimum Gasteiger partial charge on any atom is -0.337 e. The summed E-state index contributed by atoms with van der Waals surface area (Å²) in [5, 5.41) is 9.58. The quantitative estimate of drug-likeness (QED) is 0.570. The van der Waals surface area contributed by atoms with E-state index in [4.69, 9.17) is 0 Å². The van der Waals surface area contributed by atoms with Crippen LogP contribution in [0.15, 0.2) is 35.7 Å². The number of amides is 2. The average Bonchev–Trinajstić information content (AvgIpc) is 3.45. The molecule has 182 valence electrons. The zero-order valence-corrected chi connectivity index (χ0v) is 19.2. The summed E-state index contributed by atoms with van der Waals surface area (Å²) in [5.41, 5.74) is 1.89. The summed E-state index contributed by atoms with van der Waals surface area (Å²) in [6.45, 7) is 3.40. The van der Waals surface area contributed by atoms with Gasteiger partial charge in [-0.15, -0.1) is 0 Å². The number of rotatable bonds is 3. The summed E-state index contributed by atoms with van der Waals surface area (Å²) >= 11 is 0. The Morgan fingerprint density at radius 3 is 2.40 bits per heavy atom. The van der Waals surface area contributed by atoms with Gasteiger partial charge in [-0.05, 0) is 30.2 Å². The largest absolute Gasteiger partial charge is 0.341 e. The number of benzene rings is 1. The zero-order valence-electron chi connectivity index (χ0n) is 19.2. The maximum absolute atomic E-state index is 14.5. The molecule has 1 aromatic carbocycles. The summed E-state index contributed by atoms with van der Waals surface area (Å²) in [6.07, 6.45) is 4.72. The van der Waals surface area contributed by atoms with Crippen LogP contribution in [0.3, 0.4) is 0 Å². The number of hydrogen-bond acceptors (Lipinski definition) is 6. The predicted octanol–water partition coefficient (Wildman–Crippen LogP) is 3.28. The second-order valence-electron chi connectivity index (χ2n) is 8.52. The molecule has 4 heterocycles. The van der Waals surface area contributed by atoms with Gasteiger partial charge in [-0.2, -0.15) is 10.2 Å². The van der Waals surface area contributed by atoms with Crippen molar-refractivity contribution in [1.82, 2.24) is 29.7 Å². The van der Waals surface area contributed by atoms with Crippen LogP contribution in [0.1, 0.15) is 23.6 Å². The summed E-state index contributed by atoms with van der Waals surface area (Å²) < 4.78 is 43.5. The Bertz CT molecular complexity index is 1260. The number of aryl methyl sites for hydroxylation is 2. The fourth-order valence-electron chi connectivity index (χ4n) is 4.45.